The van der Waals surface area contributed by atoms with Gasteiger partial charge in [0.05, 0.1) is 0 Å². The van der Waals surface area contributed by atoms with E-state index >= 15 is 0 Å². The van der Waals surface area contributed by atoms with Crippen LogP contribution in [-0.4, -0.2) is 0 Å². The summed E-state index contributed by atoms with van der Waals surface area (Å²) in [5.41, 5.74) is 0. The first-order chi connectivity index (χ1) is 1.41. The summed E-state index contributed by atoms with van der Waals surface area (Å²) in [4.78, 5) is 0. The van der Waals surface area contributed by atoms with Crippen LogP contribution in [0.3, 0.4) is 0 Å². The Balaban J connectivity index is 0. The van der Waals surface area contributed by atoms with Crippen LogP contribution < -0.4 is 6.15 Å². The van der Waals surface area contributed by atoms with Gasteiger partial charge in [-0.15, -0.1) is 0 Å². The van der Waals surface area contributed by atoms with Crippen LogP contribution in [0.15, 0.2) is 0 Å². The van der Waals surface area contributed by atoms with E-state index in [1.165, 1.54) is 0 Å². The van der Waals surface area contributed by atoms with Crippen molar-refractivity contribution in [2.45, 2.75) is 0 Å². The van der Waals surface area contributed by atoms with Gasteiger partial charge in [0.2, 0.25) is 0 Å². The molecule has 0 saturated heterocycles. The van der Waals surface area contributed by atoms with E-state index in [1.54, 1.807) is 0 Å². The molecule has 0 aromatic rings. The molecule has 0 heterocycles. The van der Waals surface area contributed by atoms with E-state index in [2.05, 4.69) is 0 Å². The molecular weight excluding hydrogens is 144 g/mol. The molecule has 0 amide bonds. The predicted octanol–water partition coefficient (Wildman–Crippen LogP) is 1.54. The monoisotopic (exact) mass is 145 g/mol. The first-order valence-electron chi connectivity index (χ1n) is 0.239. The van der Waals surface area contributed by atoms with Crippen LogP contribution in [0.5, 0.6) is 0 Å². The third-order valence-corrected chi connectivity index (χ3v) is 0. The van der Waals surface area contributed by atoms with Gasteiger partial charge < -0.3 is 6.15 Å². The summed E-state index contributed by atoms with van der Waals surface area (Å²) >= 11 is 0.569. The van der Waals surface area contributed by atoms with Crippen molar-refractivity contribution in [3.8, 4) is 0 Å². The van der Waals surface area contributed by atoms with Crippen LogP contribution in [-0.2, 0) is 12.7 Å². The van der Waals surface area contributed by atoms with Gasteiger partial charge in [0, 0.05) is 0 Å². The van der Waals surface area contributed by atoms with Crippen LogP contribution in [0.2, 0.25) is 0 Å². The van der Waals surface area contributed by atoms with E-state index in [0.29, 0.717) is 12.7 Å². The summed E-state index contributed by atoms with van der Waals surface area (Å²) < 4.78 is 0. The van der Waals surface area contributed by atoms with Gasteiger partial charge in [0.1, 0.15) is 0 Å². The first kappa shape index (κ1) is 8.90. The summed E-state index contributed by atoms with van der Waals surface area (Å²) in [6, 6.07) is 0. The van der Waals surface area contributed by atoms with Gasteiger partial charge in [-0.2, -0.15) is 0 Å². The van der Waals surface area contributed by atoms with Gasteiger partial charge in [0.15, 0.2) is 0 Å². The van der Waals surface area contributed by atoms with Crippen LogP contribution in [0, 0.1) is 0 Å². The van der Waals surface area contributed by atoms with Crippen molar-refractivity contribution in [1.82, 2.24) is 6.15 Å². The number of halogens is 2. The van der Waals surface area contributed by atoms with E-state index in [1.807, 2.05) is 0 Å². The van der Waals surface area contributed by atoms with Gasteiger partial charge in [-0.05, 0) is 0 Å². The Bertz CT molecular complexity index is 6.00. The van der Waals surface area contributed by atoms with Crippen molar-refractivity contribution in [2.24, 2.45) is 0 Å². The zero-order chi connectivity index (χ0) is 2.71. The maximum atomic E-state index is 4.70. The fourth-order valence-electron chi connectivity index (χ4n) is 0. The van der Waals surface area contributed by atoms with E-state index in [4.69, 9.17) is 20.4 Å². The molecular formula is H3Cl2NNi. The molecule has 0 spiro atoms. The molecule has 0 bridgehead atoms. The van der Waals surface area contributed by atoms with E-state index in [9.17, 15) is 0 Å². The van der Waals surface area contributed by atoms with Crippen molar-refractivity contribution in [3.63, 3.8) is 0 Å². The topological polar surface area (TPSA) is 35.0 Å². The Hall–Kier alpha value is 1.03. The second-order valence-corrected chi connectivity index (χ2v) is 1.68. The molecule has 0 aromatic carbocycles. The van der Waals surface area contributed by atoms with Crippen molar-refractivity contribution in [2.75, 3.05) is 0 Å². The average Bonchev–Trinajstić information content (AvgIpc) is 0.918. The molecule has 0 atom stereocenters. The minimum atomic E-state index is 0. The molecule has 0 aliphatic carbocycles. The molecule has 0 radical (unpaired) electrons. The molecule has 4 heteroatoms. The Morgan fingerprint density at radius 1 is 1.25 bits per heavy atom. The van der Waals surface area contributed by atoms with Gasteiger partial charge in [0.25, 0.3) is 0 Å². The summed E-state index contributed by atoms with van der Waals surface area (Å²) in [6.45, 7) is 0. The maximum absolute atomic E-state index is 4.70. The Morgan fingerprint density at radius 2 is 1.25 bits per heavy atom. The summed E-state index contributed by atoms with van der Waals surface area (Å²) in [7, 11) is 9.40. The quantitative estimate of drug-likeness (QED) is 0.517. The molecule has 0 aliphatic heterocycles. The average molecular weight is 147 g/mol. The number of rotatable bonds is 0. The predicted molar refractivity (Wildman–Crippen MR) is 16.7 cm³/mol. The minimum absolute atomic E-state index is 0. The Kier molecular flexibility index (Phi) is 20.0. The third kappa shape index (κ3) is 11.7. The van der Waals surface area contributed by atoms with Crippen molar-refractivity contribution >= 4 is 20.4 Å². The second kappa shape index (κ2) is 8.98. The molecule has 32 valence electrons. The van der Waals surface area contributed by atoms with E-state index in [-0.39, 0.29) is 6.15 Å². The standard InChI is InChI=1S/2ClH.H3N.Ni/h2*1H;1H3;/q;;;+2/p-2. The summed E-state index contributed by atoms with van der Waals surface area (Å²) in [5, 5.41) is 0. The molecule has 0 saturated carbocycles. The van der Waals surface area contributed by atoms with Gasteiger partial charge in [-0.25, -0.2) is 0 Å². The molecule has 0 rings (SSSR count). The summed E-state index contributed by atoms with van der Waals surface area (Å²) in [5.74, 6) is 0. The van der Waals surface area contributed by atoms with Crippen LogP contribution >= 0.6 is 20.4 Å². The molecule has 0 aliphatic rings. The van der Waals surface area contributed by atoms with Gasteiger partial charge >= 0.3 is 33.0 Å². The molecule has 3 N–H and O–H groups in total. The van der Waals surface area contributed by atoms with Crippen LogP contribution in [0.25, 0.3) is 0 Å². The molecule has 0 unspecified atom stereocenters. The normalized spacial score (nSPS) is 5.50. The SMILES string of the molecule is N.[Cl][Ni][Cl]. The first-order valence-corrected chi connectivity index (χ1v) is 2.96. The Morgan fingerprint density at radius 3 is 1.25 bits per heavy atom. The van der Waals surface area contributed by atoms with Crippen LogP contribution in [0.4, 0.5) is 0 Å². The fourth-order valence-corrected chi connectivity index (χ4v) is 0. The van der Waals surface area contributed by atoms with E-state index in [0.717, 1.165) is 0 Å². The van der Waals surface area contributed by atoms with Crippen molar-refractivity contribution in [1.29, 1.82) is 0 Å². The van der Waals surface area contributed by atoms with Gasteiger partial charge in [-0.1, -0.05) is 0 Å². The molecule has 0 aromatic heterocycles. The zero-order valence-corrected chi connectivity index (χ0v) is 4.28. The summed E-state index contributed by atoms with van der Waals surface area (Å²) in [6.07, 6.45) is 0. The number of hydrogen-bond acceptors (Lipinski definition) is 1. The zero-order valence-electron chi connectivity index (χ0n) is 1.78. The van der Waals surface area contributed by atoms with Crippen molar-refractivity contribution < 1.29 is 12.7 Å². The molecule has 0 fully saturated rings. The van der Waals surface area contributed by atoms with Crippen molar-refractivity contribution in [3.05, 3.63) is 0 Å². The number of hydrogen-bond donors (Lipinski definition) is 1. The molecule has 4 heavy (non-hydrogen) atoms. The third-order valence-electron chi connectivity index (χ3n) is 0. The fraction of sp³-hybridized carbons (Fsp3) is 0. The van der Waals surface area contributed by atoms with E-state index < -0.39 is 0 Å². The Labute approximate surface area is 39.6 Å². The van der Waals surface area contributed by atoms with Crippen LogP contribution in [0.1, 0.15) is 0 Å². The van der Waals surface area contributed by atoms with Gasteiger partial charge in [-0.3, -0.25) is 0 Å². The molecule has 1 nitrogen and oxygen atoms in total. The second-order valence-electron chi connectivity index (χ2n) is 0.0452.